The summed E-state index contributed by atoms with van der Waals surface area (Å²) in [6, 6.07) is 3.99. The third kappa shape index (κ3) is 4.97. The van der Waals surface area contributed by atoms with Gasteiger partial charge in [0, 0.05) is 24.4 Å². The van der Waals surface area contributed by atoms with Gasteiger partial charge in [0.15, 0.2) is 11.5 Å². The molecule has 0 aliphatic carbocycles. The predicted octanol–water partition coefficient (Wildman–Crippen LogP) is 0.975. The van der Waals surface area contributed by atoms with Crippen LogP contribution in [0.4, 0.5) is 5.82 Å². The highest BCUT2D eigenvalue weighted by molar-refractivity contribution is 5.98. The summed E-state index contributed by atoms with van der Waals surface area (Å²) in [4.78, 5) is 22.1. The smallest absolute Gasteiger partial charge is 0.219 e. The number of aromatic amines is 1. The van der Waals surface area contributed by atoms with Crippen LogP contribution in [-0.4, -0.2) is 94.2 Å². The van der Waals surface area contributed by atoms with Crippen LogP contribution in [0.3, 0.4) is 0 Å². The first-order valence-electron chi connectivity index (χ1n) is 11.9. The van der Waals surface area contributed by atoms with E-state index in [2.05, 4.69) is 49.2 Å². The number of ether oxygens (including phenoxy) is 1. The van der Waals surface area contributed by atoms with Crippen LogP contribution >= 0.6 is 0 Å². The van der Waals surface area contributed by atoms with E-state index in [9.17, 15) is 4.79 Å². The molecule has 2 aliphatic heterocycles. The minimum Gasteiger partial charge on any atom is -0.377 e. The number of H-pyrrole nitrogens is 1. The molecule has 0 unspecified atom stereocenters. The molecule has 5 rings (SSSR count). The van der Waals surface area contributed by atoms with Crippen molar-refractivity contribution in [1.82, 2.24) is 35.2 Å². The van der Waals surface area contributed by atoms with Crippen molar-refractivity contribution >= 4 is 22.6 Å². The number of rotatable bonds is 4. The van der Waals surface area contributed by atoms with Crippen molar-refractivity contribution in [1.29, 1.82) is 0 Å². The number of aromatic nitrogens is 5. The molecular formula is C24H30N8O2. The Morgan fingerprint density at radius 2 is 2.09 bits per heavy atom. The Bertz CT molecular complexity index is 1180. The molecule has 34 heavy (non-hydrogen) atoms. The standard InChI is InChI=1S/C24H30N8O2/c1-18-17-34-13-12-31(18)23-14-19(4-5-20(33)16-30-10-2-7-25-8-3-11-30)21-15-27-32(24(21)28-23)22-6-9-26-29-22/h6,9,14-15,18,25H,2-3,7-8,10-13,16-17H2,1H3,(H,26,29)/t18-/m1/s1. The molecule has 2 N–H and O–H groups in total. The topological polar surface area (TPSA) is 104 Å². The van der Waals surface area contributed by atoms with Crippen LogP contribution in [0.25, 0.3) is 16.9 Å². The summed E-state index contributed by atoms with van der Waals surface area (Å²) in [6.45, 7) is 8.32. The van der Waals surface area contributed by atoms with E-state index in [1.165, 1.54) is 0 Å². The van der Waals surface area contributed by atoms with Gasteiger partial charge in [0.2, 0.25) is 5.78 Å². The molecule has 10 nitrogen and oxygen atoms in total. The quantitative estimate of drug-likeness (QED) is 0.553. The van der Waals surface area contributed by atoms with Gasteiger partial charge in [-0.3, -0.25) is 14.8 Å². The Balaban J connectivity index is 1.47. The Labute approximate surface area is 198 Å². The Morgan fingerprint density at radius 3 is 2.85 bits per heavy atom. The van der Waals surface area contributed by atoms with Gasteiger partial charge in [-0.1, -0.05) is 5.92 Å². The van der Waals surface area contributed by atoms with Gasteiger partial charge in [-0.25, -0.2) is 4.98 Å². The second kappa shape index (κ2) is 10.3. The highest BCUT2D eigenvalue weighted by Gasteiger charge is 2.23. The number of carbonyl (C=O) groups is 1. The molecule has 3 aromatic heterocycles. The van der Waals surface area contributed by atoms with Crippen LogP contribution < -0.4 is 10.2 Å². The third-order valence-electron chi connectivity index (χ3n) is 6.25. The fraction of sp³-hybridized carbons (Fsp3) is 0.500. The molecule has 5 heterocycles. The Morgan fingerprint density at radius 1 is 1.24 bits per heavy atom. The number of anilines is 1. The number of hydrogen-bond acceptors (Lipinski definition) is 8. The van der Waals surface area contributed by atoms with Crippen LogP contribution in [-0.2, 0) is 9.53 Å². The van der Waals surface area contributed by atoms with Crippen molar-refractivity contribution < 1.29 is 9.53 Å². The van der Waals surface area contributed by atoms with Gasteiger partial charge in [-0.05, 0) is 57.9 Å². The summed E-state index contributed by atoms with van der Waals surface area (Å²) < 4.78 is 7.30. The average Bonchev–Trinajstić information content (AvgIpc) is 3.49. The lowest BCUT2D eigenvalue weighted by Gasteiger charge is -2.34. The molecular weight excluding hydrogens is 432 g/mol. The maximum atomic E-state index is 12.7. The number of pyridine rings is 1. The van der Waals surface area contributed by atoms with Gasteiger partial charge in [0.05, 0.1) is 37.4 Å². The zero-order valence-electron chi connectivity index (χ0n) is 19.5. The molecule has 178 valence electrons. The zero-order chi connectivity index (χ0) is 23.3. The number of carbonyl (C=O) groups excluding carboxylic acids is 1. The molecule has 0 amide bonds. The molecule has 2 fully saturated rings. The van der Waals surface area contributed by atoms with Crippen LogP contribution in [0.1, 0.15) is 25.3 Å². The lowest BCUT2D eigenvalue weighted by atomic mass is 10.1. The zero-order valence-corrected chi connectivity index (χ0v) is 19.5. The summed E-state index contributed by atoms with van der Waals surface area (Å²) in [7, 11) is 0. The first kappa shape index (κ1) is 22.5. The highest BCUT2D eigenvalue weighted by Crippen LogP contribution is 2.26. The number of morpholine rings is 1. The fourth-order valence-electron chi connectivity index (χ4n) is 4.47. The van der Waals surface area contributed by atoms with Gasteiger partial charge >= 0.3 is 0 Å². The van der Waals surface area contributed by atoms with Crippen LogP contribution in [0.15, 0.2) is 24.5 Å². The summed E-state index contributed by atoms with van der Waals surface area (Å²) in [5.74, 6) is 7.40. The van der Waals surface area contributed by atoms with Crippen LogP contribution in [0.2, 0.25) is 0 Å². The Kier molecular flexibility index (Phi) is 6.85. The Hall–Kier alpha value is -3.26. The van der Waals surface area contributed by atoms with E-state index in [0.29, 0.717) is 31.2 Å². The third-order valence-corrected chi connectivity index (χ3v) is 6.25. The van der Waals surface area contributed by atoms with E-state index in [1.807, 2.05) is 12.1 Å². The first-order valence-corrected chi connectivity index (χ1v) is 11.9. The van der Waals surface area contributed by atoms with E-state index < -0.39 is 0 Å². The predicted molar refractivity (Wildman–Crippen MR) is 129 cm³/mol. The molecule has 1 atom stereocenters. The van der Waals surface area contributed by atoms with Crippen molar-refractivity contribution in [3.05, 3.63) is 30.1 Å². The highest BCUT2D eigenvalue weighted by atomic mass is 16.5. The number of ketones is 1. The van der Waals surface area contributed by atoms with Crippen molar-refractivity contribution in [2.45, 2.75) is 25.8 Å². The number of hydrogen-bond donors (Lipinski definition) is 2. The molecule has 10 heteroatoms. The van der Waals surface area contributed by atoms with Gasteiger partial charge in [-0.2, -0.15) is 14.9 Å². The summed E-state index contributed by atoms with van der Waals surface area (Å²) in [6.07, 6.45) is 5.57. The van der Waals surface area contributed by atoms with E-state index in [0.717, 1.165) is 62.3 Å². The maximum absolute atomic E-state index is 12.7. The van der Waals surface area contributed by atoms with Crippen molar-refractivity contribution in [3.63, 3.8) is 0 Å². The van der Waals surface area contributed by atoms with E-state index >= 15 is 0 Å². The summed E-state index contributed by atoms with van der Waals surface area (Å²) in [5, 5.41) is 15.8. The van der Waals surface area contributed by atoms with Gasteiger partial charge in [0.1, 0.15) is 5.82 Å². The fourth-order valence-corrected chi connectivity index (χ4v) is 4.47. The maximum Gasteiger partial charge on any atom is 0.219 e. The molecule has 0 radical (unpaired) electrons. The molecule has 2 aliphatic rings. The number of nitrogens with zero attached hydrogens (tertiary/aromatic N) is 6. The lowest BCUT2D eigenvalue weighted by molar-refractivity contribution is -0.115. The van der Waals surface area contributed by atoms with E-state index in [-0.39, 0.29) is 11.8 Å². The first-order chi connectivity index (χ1) is 16.7. The normalized spacial score (nSPS) is 19.9. The van der Waals surface area contributed by atoms with Crippen molar-refractivity contribution in [2.24, 2.45) is 0 Å². The molecule has 0 bridgehead atoms. The van der Waals surface area contributed by atoms with Crippen molar-refractivity contribution in [3.8, 4) is 17.7 Å². The van der Waals surface area contributed by atoms with Crippen LogP contribution in [0.5, 0.6) is 0 Å². The molecule has 2 saturated heterocycles. The minimum absolute atomic E-state index is 0.0699. The minimum atomic E-state index is -0.0699. The average molecular weight is 463 g/mol. The summed E-state index contributed by atoms with van der Waals surface area (Å²) >= 11 is 0. The molecule has 3 aromatic rings. The van der Waals surface area contributed by atoms with Crippen molar-refractivity contribution in [2.75, 3.05) is 57.4 Å². The van der Waals surface area contributed by atoms with Crippen LogP contribution in [0, 0.1) is 11.8 Å². The number of Topliss-reactive ketones (excluding diaryl/α,β-unsaturated/α-hetero) is 1. The molecule has 0 spiro atoms. The number of nitrogens with one attached hydrogen (secondary N) is 2. The second-order valence-corrected chi connectivity index (χ2v) is 8.78. The van der Waals surface area contributed by atoms with Gasteiger partial charge in [-0.15, -0.1) is 0 Å². The molecule has 0 aromatic carbocycles. The van der Waals surface area contributed by atoms with E-state index in [1.54, 1.807) is 17.1 Å². The lowest BCUT2D eigenvalue weighted by Crippen LogP contribution is -2.44. The monoisotopic (exact) mass is 462 g/mol. The largest absolute Gasteiger partial charge is 0.377 e. The van der Waals surface area contributed by atoms with E-state index in [4.69, 9.17) is 9.72 Å². The SMILES string of the molecule is C[C@@H]1COCCN1c1cc(C#CC(=O)CN2CCCNCCC2)c2cnn(-c3cc[nH]n3)c2n1. The second-order valence-electron chi connectivity index (χ2n) is 8.78. The summed E-state index contributed by atoms with van der Waals surface area (Å²) in [5.41, 5.74) is 1.40. The number of fused-ring (bicyclic) bond motifs is 1. The van der Waals surface area contributed by atoms with Gasteiger partial charge < -0.3 is 15.0 Å². The van der Waals surface area contributed by atoms with Gasteiger partial charge in [0.25, 0.3) is 0 Å². The molecule has 0 saturated carbocycles.